The van der Waals surface area contributed by atoms with Gasteiger partial charge in [0.2, 0.25) is 0 Å². The first-order valence-corrected chi connectivity index (χ1v) is 17.9. The molecule has 0 radical (unpaired) electrons. The van der Waals surface area contributed by atoms with Crippen LogP contribution in [-0.2, 0) is 37.9 Å². The average Bonchev–Trinajstić information content (AvgIpc) is 3.14. The topological polar surface area (TPSA) is 343 Å². The summed E-state index contributed by atoms with van der Waals surface area (Å²) >= 11 is 4.18. The SMILES string of the molecule is N[C@H]1[C@H](OCCCCCCS)O[C@H](CO)[C@@H](O[C@H]2O[C@H](CO[C@H]3O[C@H](CO)[C@@H](O)[C@H](O)[C@@H]3O[C@H]3O[C@H](CO)[C@@H](O)[C@H](O)[C@@H]3O)[C@@H](O)[C@H](O)[C@@H]2O)[C@@H]1O. The minimum absolute atomic E-state index is 0.270. The largest absolute Gasteiger partial charge is 0.394 e. The van der Waals surface area contributed by atoms with E-state index < -0.39 is 149 Å². The molecule has 20 atom stereocenters. The smallest absolute Gasteiger partial charge is 0.187 e. The van der Waals surface area contributed by atoms with Crippen molar-refractivity contribution in [3.63, 3.8) is 0 Å². The summed E-state index contributed by atoms with van der Waals surface area (Å²) in [4.78, 5) is 0. The highest BCUT2D eigenvalue weighted by molar-refractivity contribution is 7.80. The monoisotopic (exact) mass is 781 g/mol. The maximum atomic E-state index is 11.0. The lowest BCUT2D eigenvalue weighted by atomic mass is 9.96. The Balaban J connectivity index is 1.42. The fourth-order valence-corrected chi connectivity index (χ4v) is 6.58. The Kier molecular flexibility index (Phi) is 17.5. The van der Waals surface area contributed by atoms with Crippen LogP contribution in [0.5, 0.6) is 0 Å². The van der Waals surface area contributed by atoms with Gasteiger partial charge >= 0.3 is 0 Å². The van der Waals surface area contributed by atoms with Crippen molar-refractivity contribution in [2.45, 2.75) is 148 Å². The molecule has 0 aromatic heterocycles. The van der Waals surface area contributed by atoms with Gasteiger partial charge < -0.3 is 105 Å². The molecule has 4 rings (SSSR count). The molecule has 0 saturated carbocycles. The summed E-state index contributed by atoms with van der Waals surface area (Å²) in [6, 6.07) is -1.16. The maximum absolute atomic E-state index is 11.0. The van der Waals surface area contributed by atoms with Gasteiger partial charge in [-0.05, 0) is 18.6 Å². The van der Waals surface area contributed by atoms with Crippen LogP contribution in [0.4, 0.5) is 0 Å². The fourth-order valence-electron chi connectivity index (χ4n) is 6.35. The van der Waals surface area contributed by atoms with Crippen LogP contribution in [0.1, 0.15) is 25.7 Å². The van der Waals surface area contributed by atoms with Gasteiger partial charge in [-0.1, -0.05) is 12.8 Å². The fraction of sp³-hybridized carbons (Fsp3) is 1.00. The molecule has 14 N–H and O–H groups in total. The predicted molar refractivity (Wildman–Crippen MR) is 172 cm³/mol. The third kappa shape index (κ3) is 10.3. The summed E-state index contributed by atoms with van der Waals surface area (Å²) in [6.07, 6.45) is -28.0. The molecule has 0 aromatic rings. The molecule has 0 aromatic carbocycles. The van der Waals surface area contributed by atoms with Crippen molar-refractivity contribution in [3.05, 3.63) is 0 Å². The Morgan fingerprint density at radius 1 is 0.462 bits per heavy atom. The molecular formula is C30H55NO20S. The molecule has 52 heavy (non-hydrogen) atoms. The summed E-state index contributed by atoms with van der Waals surface area (Å²) in [5.74, 6) is 0.769. The minimum atomic E-state index is -1.92. The molecule has 0 amide bonds. The summed E-state index contributed by atoms with van der Waals surface area (Å²) in [5, 5.41) is 125. The molecule has 4 aliphatic heterocycles. The van der Waals surface area contributed by atoms with Crippen LogP contribution in [0.3, 0.4) is 0 Å². The van der Waals surface area contributed by atoms with E-state index in [0.717, 1.165) is 25.0 Å². The van der Waals surface area contributed by atoms with Gasteiger partial charge in [0, 0.05) is 6.61 Å². The second-order valence-corrected chi connectivity index (χ2v) is 13.7. The lowest BCUT2D eigenvalue weighted by Gasteiger charge is -2.47. The highest BCUT2D eigenvalue weighted by atomic mass is 32.1. The van der Waals surface area contributed by atoms with Crippen molar-refractivity contribution in [1.82, 2.24) is 0 Å². The van der Waals surface area contributed by atoms with Crippen LogP contribution in [0, 0.1) is 0 Å². The minimum Gasteiger partial charge on any atom is -0.394 e. The van der Waals surface area contributed by atoms with E-state index in [-0.39, 0.29) is 6.61 Å². The number of ether oxygens (including phenoxy) is 8. The molecular weight excluding hydrogens is 726 g/mol. The highest BCUT2D eigenvalue weighted by Crippen LogP contribution is 2.32. The van der Waals surface area contributed by atoms with Crippen molar-refractivity contribution < 1.29 is 99.2 Å². The summed E-state index contributed by atoms with van der Waals surface area (Å²) < 4.78 is 45.1. The molecule has 0 spiro atoms. The molecule has 0 unspecified atom stereocenters. The van der Waals surface area contributed by atoms with E-state index in [9.17, 15) is 61.3 Å². The molecule has 4 saturated heterocycles. The number of hydrogen-bond donors (Lipinski definition) is 14. The highest BCUT2D eigenvalue weighted by Gasteiger charge is 2.53. The van der Waals surface area contributed by atoms with Crippen LogP contribution >= 0.6 is 12.6 Å². The standard InChI is InChI=1S/C30H55NO20S/c31-15-19(38)25(13(9-34)48-27(15)44-5-3-1-2-4-6-52)50-29-24(43)21(40)18(37)14(49-29)10-45-30-26(22(41)17(36)12(8-33)47-30)51-28-23(42)20(39)16(35)11(7-32)46-28/h11-30,32-43,52H,1-10,31H2/t11-,12-,13-,14-,15-,16-,17-,18-,19-,20+,21+,22+,23+,24+,25-,26+,27-,28-,29-,30+/m1/s1. The van der Waals surface area contributed by atoms with Crippen LogP contribution in [0.15, 0.2) is 0 Å². The van der Waals surface area contributed by atoms with Gasteiger partial charge in [-0.2, -0.15) is 12.6 Å². The van der Waals surface area contributed by atoms with Crippen molar-refractivity contribution in [3.8, 4) is 0 Å². The Morgan fingerprint density at radius 3 is 1.52 bits per heavy atom. The van der Waals surface area contributed by atoms with Crippen molar-refractivity contribution in [2.24, 2.45) is 5.73 Å². The van der Waals surface area contributed by atoms with Gasteiger partial charge in [-0.3, -0.25) is 0 Å². The Morgan fingerprint density at radius 2 is 0.942 bits per heavy atom. The summed E-state index contributed by atoms with van der Waals surface area (Å²) in [5.41, 5.74) is 6.17. The lowest BCUT2D eigenvalue weighted by molar-refractivity contribution is -0.376. The lowest BCUT2D eigenvalue weighted by Crippen LogP contribution is -2.66. The van der Waals surface area contributed by atoms with Crippen LogP contribution in [0.25, 0.3) is 0 Å². The van der Waals surface area contributed by atoms with E-state index in [1.165, 1.54) is 0 Å². The van der Waals surface area contributed by atoms with E-state index in [0.29, 0.717) is 6.42 Å². The third-order valence-corrected chi connectivity index (χ3v) is 9.90. The summed E-state index contributed by atoms with van der Waals surface area (Å²) in [7, 11) is 0. The predicted octanol–water partition coefficient (Wildman–Crippen LogP) is -7.27. The van der Waals surface area contributed by atoms with Crippen molar-refractivity contribution >= 4 is 12.6 Å². The molecule has 4 aliphatic rings. The number of aliphatic hydroxyl groups is 12. The van der Waals surface area contributed by atoms with Crippen LogP contribution in [-0.4, -0.2) is 223 Å². The Hall–Kier alpha value is -0.490. The van der Waals surface area contributed by atoms with Crippen molar-refractivity contribution in [2.75, 3.05) is 38.8 Å². The zero-order valence-corrected chi connectivity index (χ0v) is 29.2. The first-order chi connectivity index (χ1) is 24.8. The second-order valence-electron chi connectivity index (χ2n) is 13.3. The molecule has 0 bridgehead atoms. The van der Waals surface area contributed by atoms with Crippen LogP contribution in [0.2, 0.25) is 0 Å². The molecule has 4 heterocycles. The quantitative estimate of drug-likeness (QED) is 0.0481. The molecule has 4 fully saturated rings. The summed E-state index contributed by atoms with van der Waals surface area (Å²) in [6.45, 7) is -2.71. The number of unbranched alkanes of at least 4 members (excludes halogenated alkanes) is 3. The maximum Gasteiger partial charge on any atom is 0.187 e. The molecule has 0 aliphatic carbocycles. The number of hydrogen-bond acceptors (Lipinski definition) is 22. The normalized spacial score (nSPS) is 47.4. The van der Waals surface area contributed by atoms with E-state index in [1.54, 1.807) is 0 Å². The van der Waals surface area contributed by atoms with Gasteiger partial charge in [0.1, 0.15) is 91.6 Å². The average molecular weight is 782 g/mol. The van der Waals surface area contributed by atoms with E-state index in [4.69, 9.17) is 43.6 Å². The number of thiol groups is 1. The Bertz CT molecular complexity index is 1040. The number of aliphatic hydroxyl groups excluding tert-OH is 12. The van der Waals surface area contributed by atoms with Crippen molar-refractivity contribution in [1.29, 1.82) is 0 Å². The molecule has 22 heteroatoms. The van der Waals surface area contributed by atoms with E-state index in [2.05, 4.69) is 12.6 Å². The third-order valence-electron chi connectivity index (χ3n) is 9.58. The zero-order chi connectivity index (χ0) is 38.3. The molecule has 306 valence electrons. The van der Waals surface area contributed by atoms with Crippen LogP contribution < -0.4 is 5.73 Å². The van der Waals surface area contributed by atoms with Gasteiger partial charge in [-0.15, -0.1) is 0 Å². The second kappa shape index (κ2) is 20.6. The number of rotatable bonds is 17. The zero-order valence-electron chi connectivity index (χ0n) is 28.3. The first-order valence-electron chi connectivity index (χ1n) is 17.3. The van der Waals surface area contributed by atoms with Gasteiger partial charge in [-0.25, -0.2) is 0 Å². The van der Waals surface area contributed by atoms with E-state index >= 15 is 0 Å². The molecule has 21 nitrogen and oxygen atoms in total. The Labute approximate surface area is 304 Å². The first kappa shape index (κ1) is 44.2. The number of nitrogens with two attached hydrogens (primary N) is 1. The van der Waals surface area contributed by atoms with Gasteiger partial charge in [0.25, 0.3) is 0 Å². The van der Waals surface area contributed by atoms with E-state index in [1.807, 2.05) is 0 Å². The van der Waals surface area contributed by atoms with Gasteiger partial charge in [0.05, 0.1) is 32.5 Å². The van der Waals surface area contributed by atoms with Gasteiger partial charge in [0.15, 0.2) is 25.2 Å².